The third kappa shape index (κ3) is 3.07. The van der Waals surface area contributed by atoms with Gasteiger partial charge in [-0.2, -0.15) is 0 Å². The van der Waals surface area contributed by atoms with E-state index in [0.29, 0.717) is 18.6 Å². The minimum Gasteiger partial charge on any atom is -0.372 e. The fourth-order valence-electron chi connectivity index (χ4n) is 2.09. The molecule has 1 atom stereocenters. The molecular formula is C14H21N3O. The SMILES string of the molecule is C=CCOC1CCN(c2ccnc(C(C)C)n2)C1. The van der Waals surface area contributed by atoms with Gasteiger partial charge >= 0.3 is 0 Å². The molecule has 4 nitrogen and oxygen atoms in total. The molecule has 1 aliphatic rings. The van der Waals surface area contributed by atoms with E-state index in [0.717, 1.165) is 31.2 Å². The summed E-state index contributed by atoms with van der Waals surface area (Å²) in [6, 6.07) is 1.97. The lowest BCUT2D eigenvalue weighted by atomic mass is 10.2. The van der Waals surface area contributed by atoms with Crippen molar-refractivity contribution in [3.63, 3.8) is 0 Å². The third-order valence-electron chi connectivity index (χ3n) is 3.09. The summed E-state index contributed by atoms with van der Waals surface area (Å²) >= 11 is 0. The Morgan fingerprint density at radius 2 is 2.44 bits per heavy atom. The van der Waals surface area contributed by atoms with Crippen LogP contribution in [0.5, 0.6) is 0 Å². The van der Waals surface area contributed by atoms with Crippen molar-refractivity contribution in [2.45, 2.75) is 32.3 Å². The molecule has 0 spiro atoms. The summed E-state index contributed by atoms with van der Waals surface area (Å²) in [4.78, 5) is 11.2. The Balaban J connectivity index is 2.00. The lowest BCUT2D eigenvalue weighted by molar-refractivity contribution is 0.0909. The van der Waals surface area contributed by atoms with Gasteiger partial charge in [-0.3, -0.25) is 0 Å². The standard InChI is InChI=1S/C14H21N3O/c1-4-9-18-12-6-8-17(10-12)13-5-7-15-14(16-13)11(2)3/h4-5,7,11-12H,1,6,8-10H2,2-3H3. The molecule has 0 aromatic carbocycles. The molecule has 1 fully saturated rings. The van der Waals surface area contributed by atoms with E-state index in [1.54, 1.807) is 6.08 Å². The van der Waals surface area contributed by atoms with Crippen molar-refractivity contribution in [2.24, 2.45) is 0 Å². The molecule has 18 heavy (non-hydrogen) atoms. The second kappa shape index (κ2) is 5.96. The Bertz CT molecular complexity index is 406. The lowest BCUT2D eigenvalue weighted by Crippen LogP contribution is -2.24. The van der Waals surface area contributed by atoms with Crippen molar-refractivity contribution < 1.29 is 4.74 Å². The quantitative estimate of drug-likeness (QED) is 0.749. The highest BCUT2D eigenvalue weighted by Crippen LogP contribution is 2.21. The van der Waals surface area contributed by atoms with Gasteiger partial charge in [0.2, 0.25) is 0 Å². The maximum absolute atomic E-state index is 5.68. The van der Waals surface area contributed by atoms with Gasteiger partial charge in [0.15, 0.2) is 0 Å². The highest BCUT2D eigenvalue weighted by Gasteiger charge is 2.24. The Hall–Kier alpha value is -1.42. The van der Waals surface area contributed by atoms with Crippen LogP contribution in [0.3, 0.4) is 0 Å². The van der Waals surface area contributed by atoms with Crippen molar-refractivity contribution in [3.05, 3.63) is 30.7 Å². The van der Waals surface area contributed by atoms with Gasteiger partial charge in [0.1, 0.15) is 11.6 Å². The van der Waals surface area contributed by atoms with Gasteiger partial charge in [0.05, 0.1) is 12.7 Å². The Labute approximate surface area is 109 Å². The van der Waals surface area contributed by atoms with Gasteiger partial charge in [0.25, 0.3) is 0 Å². The molecule has 1 unspecified atom stereocenters. The van der Waals surface area contributed by atoms with Crippen LogP contribution in [-0.2, 0) is 4.74 Å². The van der Waals surface area contributed by atoms with E-state index in [1.165, 1.54) is 0 Å². The first-order valence-electron chi connectivity index (χ1n) is 6.51. The number of nitrogens with zero attached hydrogens (tertiary/aromatic N) is 3. The largest absolute Gasteiger partial charge is 0.372 e. The number of hydrogen-bond donors (Lipinski definition) is 0. The summed E-state index contributed by atoms with van der Waals surface area (Å²) in [7, 11) is 0. The van der Waals surface area contributed by atoms with E-state index in [4.69, 9.17) is 4.74 Å². The van der Waals surface area contributed by atoms with Crippen LogP contribution >= 0.6 is 0 Å². The summed E-state index contributed by atoms with van der Waals surface area (Å²) < 4.78 is 5.68. The van der Waals surface area contributed by atoms with Gasteiger partial charge < -0.3 is 9.64 Å². The number of aromatic nitrogens is 2. The smallest absolute Gasteiger partial charge is 0.133 e. The monoisotopic (exact) mass is 247 g/mol. The molecule has 2 heterocycles. The summed E-state index contributed by atoms with van der Waals surface area (Å²) in [6.07, 6.45) is 4.98. The first-order valence-corrected chi connectivity index (χ1v) is 6.51. The molecule has 1 saturated heterocycles. The minimum atomic E-state index is 0.292. The van der Waals surface area contributed by atoms with Crippen molar-refractivity contribution in [1.29, 1.82) is 0 Å². The van der Waals surface area contributed by atoms with E-state index < -0.39 is 0 Å². The zero-order chi connectivity index (χ0) is 13.0. The van der Waals surface area contributed by atoms with Crippen LogP contribution in [-0.4, -0.2) is 35.8 Å². The number of hydrogen-bond acceptors (Lipinski definition) is 4. The van der Waals surface area contributed by atoms with E-state index in [9.17, 15) is 0 Å². The summed E-state index contributed by atoms with van der Waals surface area (Å²) in [5.74, 6) is 2.28. The van der Waals surface area contributed by atoms with Crippen LogP contribution in [0.25, 0.3) is 0 Å². The van der Waals surface area contributed by atoms with E-state index in [-0.39, 0.29) is 0 Å². The second-order valence-corrected chi connectivity index (χ2v) is 4.91. The first kappa shape index (κ1) is 13.0. The number of rotatable bonds is 5. The van der Waals surface area contributed by atoms with Crippen LogP contribution in [0.4, 0.5) is 5.82 Å². The third-order valence-corrected chi connectivity index (χ3v) is 3.09. The zero-order valence-electron chi connectivity index (χ0n) is 11.2. The summed E-state index contributed by atoms with van der Waals surface area (Å²) in [5.41, 5.74) is 0. The molecule has 4 heteroatoms. The number of anilines is 1. The fourth-order valence-corrected chi connectivity index (χ4v) is 2.09. The topological polar surface area (TPSA) is 38.2 Å². The van der Waals surface area contributed by atoms with Crippen LogP contribution in [0.2, 0.25) is 0 Å². The summed E-state index contributed by atoms with van der Waals surface area (Å²) in [5, 5.41) is 0. The van der Waals surface area contributed by atoms with Crippen molar-refractivity contribution >= 4 is 5.82 Å². The molecule has 1 aromatic rings. The second-order valence-electron chi connectivity index (χ2n) is 4.91. The van der Waals surface area contributed by atoms with Crippen molar-refractivity contribution in [2.75, 3.05) is 24.6 Å². The van der Waals surface area contributed by atoms with Crippen LogP contribution < -0.4 is 4.90 Å². The molecule has 0 N–H and O–H groups in total. The minimum absolute atomic E-state index is 0.292. The lowest BCUT2D eigenvalue weighted by Gasteiger charge is -2.18. The predicted molar refractivity (Wildman–Crippen MR) is 72.9 cm³/mol. The van der Waals surface area contributed by atoms with E-state index in [2.05, 4.69) is 35.3 Å². The maximum atomic E-state index is 5.68. The number of ether oxygens (including phenoxy) is 1. The molecule has 0 radical (unpaired) electrons. The van der Waals surface area contributed by atoms with Gasteiger partial charge in [-0.15, -0.1) is 6.58 Å². The fraction of sp³-hybridized carbons (Fsp3) is 0.571. The van der Waals surface area contributed by atoms with Crippen molar-refractivity contribution in [3.8, 4) is 0 Å². The van der Waals surface area contributed by atoms with Gasteiger partial charge in [-0.1, -0.05) is 19.9 Å². The molecule has 0 bridgehead atoms. The van der Waals surface area contributed by atoms with E-state index >= 15 is 0 Å². The van der Waals surface area contributed by atoms with Crippen LogP contribution in [0, 0.1) is 0 Å². The first-order chi connectivity index (χ1) is 8.70. The maximum Gasteiger partial charge on any atom is 0.133 e. The Kier molecular flexibility index (Phi) is 4.31. The van der Waals surface area contributed by atoms with Crippen LogP contribution in [0.1, 0.15) is 32.0 Å². The van der Waals surface area contributed by atoms with Gasteiger partial charge in [-0.25, -0.2) is 9.97 Å². The highest BCUT2D eigenvalue weighted by atomic mass is 16.5. The Morgan fingerprint density at radius 1 is 1.61 bits per heavy atom. The molecule has 98 valence electrons. The molecular weight excluding hydrogens is 226 g/mol. The predicted octanol–water partition coefficient (Wildman–Crippen LogP) is 2.38. The van der Waals surface area contributed by atoms with Crippen LogP contribution in [0.15, 0.2) is 24.9 Å². The average Bonchev–Trinajstić information content (AvgIpc) is 2.85. The highest BCUT2D eigenvalue weighted by molar-refractivity contribution is 5.39. The zero-order valence-corrected chi connectivity index (χ0v) is 11.2. The molecule has 2 rings (SSSR count). The average molecular weight is 247 g/mol. The molecule has 0 amide bonds. The Morgan fingerprint density at radius 3 is 3.17 bits per heavy atom. The summed E-state index contributed by atoms with van der Waals surface area (Å²) in [6.45, 7) is 10.4. The molecule has 0 aliphatic carbocycles. The van der Waals surface area contributed by atoms with Crippen molar-refractivity contribution in [1.82, 2.24) is 9.97 Å². The molecule has 1 aromatic heterocycles. The van der Waals surface area contributed by atoms with E-state index in [1.807, 2.05) is 12.3 Å². The normalized spacial score (nSPS) is 19.5. The molecule has 0 saturated carbocycles. The van der Waals surface area contributed by atoms with Gasteiger partial charge in [-0.05, 0) is 12.5 Å². The van der Waals surface area contributed by atoms with Gasteiger partial charge in [0, 0.05) is 25.2 Å². The molecule has 1 aliphatic heterocycles.